The van der Waals surface area contributed by atoms with Gasteiger partial charge in [0.25, 0.3) is 0 Å². The highest BCUT2D eigenvalue weighted by Gasteiger charge is 2.08. The maximum absolute atomic E-state index is 5.70. The average Bonchev–Trinajstić information content (AvgIpc) is 2.24. The summed E-state index contributed by atoms with van der Waals surface area (Å²) in [6.07, 6.45) is 5.36. The summed E-state index contributed by atoms with van der Waals surface area (Å²) in [6.45, 7) is 5.10. The number of thiocarbonyl (C=S) groups is 1. The van der Waals surface area contributed by atoms with Crippen molar-refractivity contribution >= 4 is 23.0 Å². The van der Waals surface area contributed by atoms with Crippen LogP contribution in [0.4, 0.5) is 5.82 Å². The molecule has 3 N–H and O–H groups in total. The standard InChI is InChI=1S/C12H19N3S/c1-3-4-5-7-14-12-10(11(13)16)9(2)6-8-15-12/h6,8H,3-5,7H2,1-2H3,(H2,13,16)(H,14,15). The molecule has 0 fully saturated rings. The molecule has 0 aliphatic carbocycles. The van der Waals surface area contributed by atoms with Crippen LogP contribution in [0.5, 0.6) is 0 Å². The Morgan fingerprint density at radius 1 is 1.50 bits per heavy atom. The van der Waals surface area contributed by atoms with E-state index in [1.807, 2.05) is 13.0 Å². The van der Waals surface area contributed by atoms with Crippen molar-refractivity contribution in [3.05, 3.63) is 23.4 Å². The van der Waals surface area contributed by atoms with Crippen LogP contribution < -0.4 is 11.1 Å². The number of nitrogens with one attached hydrogen (secondary N) is 1. The number of unbranched alkanes of at least 4 members (excludes halogenated alkanes) is 2. The van der Waals surface area contributed by atoms with Gasteiger partial charge in [0, 0.05) is 12.7 Å². The van der Waals surface area contributed by atoms with Gasteiger partial charge in [0.2, 0.25) is 0 Å². The van der Waals surface area contributed by atoms with Crippen LogP contribution in [0.15, 0.2) is 12.3 Å². The van der Waals surface area contributed by atoms with Crippen molar-refractivity contribution < 1.29 is 0 Å². The summed E-state index contributed by atoms with van der Waals surface area (Å²) in [5, 5.41) is 3.29. The van der Waals surface area contributed by atoms with Gasteiger partial charge in [-0.1, -0.05) is 32.0 Å². The summed E-state index contributed by atoms with van der Waals surface area (Å²) in [6, 6.07) is 1.92. The van der Waals surface area contributed by atoms with Gasteiger partial charge in [0.05, 0.1) is 5.56 Å². The van der Waals surface area contributed by atoms with Crippen molar-refractivity contribution in [1.82, 2.24) is 4.98 Å². The molecular weight excluding hydrogens is 218 g/mol. The van der Waals surface area contributed by atoms with Gasteiger partial charge in [0.1, 0.15) is 10.8 Å². The van der Waals surface area contributed by atoms with Gasteiger partial charge in [-0.2, -0.15) is 0 Å². The highest BCUT2D eigenvalue weighted by molar-refractivity contribution is 7.80. The first kappa shape index (κ1) is 12.9. The highest BCUT2D eigenvalue weighted by Crippen LogP contribution is 2.16. The van der Waals surface area contributed by atoms with Crippen LogP contribution in [0.2, 0.25) is 0 Å². The zero-order chi connectivity index (χ0) is 12.0. The molecule has 0 bridgehead atoms. The molecule has 16 heavy (non-hydrogen) atoms. The van der Waals surface area contributed by atoms with E-state index in [0.29, 0.717) is 4.99 Å². The molecule has 4 heteroatoms. The van der Waals surface area contributed by atoms with Crippen LogP contribution in [0.1, 0.15) is 37.3 Å². The second-order valence-electron chi connectivity index (χ2n) is 3.85. The quantitative estimate of drug-likeness (QED) is 0.590. The summed E-state index contributed by atoms with van der Waals surface area (Å²) in [5.74, 6) is 0.809. The predicted molar refractivity (Wildman–Crippen MR) is 72.9 cm³/mol. The number of aromatic nitrogens is 1. The van der Waals surface area contributed by atoms with Crippen LogP contribution in [0, 0.1) is 6.92 Å². The lowest BCUT2D eigenvalue weighted by Gasteiger charge is -2.11. The van der Waals surface area contributed by atoms with Crippen LogP contribution in [-0.2, 0) is 0 Å². The third kappa shape index (κ3) is 3.45. The minimum absolute atomic E-state index is 0.406. The first-order chi connectivity index (χ1) is 7.66. The number of anilines is 1. The van der Waals surface area contributed by atoms with Gasteiger partial charge in [-0.3, -0.25) is 0 Å². The molecule has 88 valence electrons. The molecule has 1 aromatic rings. The van der Waals surface area contributed by atoms with E-state index < -0.39 is 0 Å². The normalized spacial score (nSPS) is 10.1. The van der Waals surface area contributed by atoms with Gasteiger partial charge in [-0.15, -0.1) is 0 Å². The topological polar surface area (TPSA) is 50.9 Å². The van der Waals surface area contributed by atoms with E-state index in [9.17, 15) is 0 Å². The largest absolute Gasteiger partial charge is 0.389 e. The van der Waals surface area contributed by atoms with E-state index >= 15 is 0 Å². The highest BCUT2D eigenvalue weighted by atomic mass is 32.1. The van der Waals surface area contributed by atoms with Crippen molar-refractivity contribution in [1.29, 1.82) is 0 Å². The predicted octanol–water partition coefficient (Wildman–Crippen LogP) is 2.63. The van der Waals surface area contributed by atoms with Gasteiger partial charge in [-0.05, 0) is 25.0 Å². The Bertz CT molecular complexity index is 363. The Balaban J connectivity index is 2.71. The zero-order valence-corrected chi connectivity index (χ0v) is 10.7. The molecular formula is C12H19N3S. The number of aryl methyl sites for hydroxylation is 1. The van der Waals surface area contributed by atoms with Gasteiger partial charge >= 0.3 is 0 Å². The molecule has 0 aliphatic rings. The van der Waals surface area contributed by atoms with E-state index in [2.05, 4.69) is 17.2 Å². The second-order valence-corrected chi connectivity index (χ2v) is 4.29. The van der Waals surface area contributed by atoms with Gasteiger partial charge in [0.15, 0.2) is 0 Å². The van der Waals surface area contributed by atoms with Crippen molar-refractivity contribution in [3.8, 4) is 0 Å². The van der Waals surface area contributed by atoms with E-state index in [1.54, 1.807) is 6.20 Å². The molecule has 0 unspecified atom stereocenters. The maximum Gasteiger partial charge on any atom is 0.136 e. The number of rotatable bonds is 6. The molecule has 0 spiro atoms. The van der Waals surface area contributed by atoms with Gasteiger partial charge in [-0.25, -0.2) is 4.98 Å². The molecule has 0 atom stereocenters. The monoisotopic (exact) mass is 237 g/mol. The molecule has 0 saturated carbocycles. The molecule has 0 radical (unpaired) electrons. The Hall–Kier alpha value is -1.16. The number of nitrogens with zero attached hydrogens (tertiary/aromatic N) is 1. The molecule has 0 aromatic carbocycles. The van der Waals surface area contributed by atoms with E-state index in [0.717, 1.165) is 29.9 Å². The summed E-state index contributed by atoms with van der Waals surface area (Å²) in [5.41, 5.74) is 7.64. The summed E-state index contributed by atoms with van der Waals surface area (Å²) in [4.78, 5) is 4.69. The summed E-state index contributed by atoms with van der Waals surface area (Å²) in [7, 11) is 0. The second kappa shape index (κ2) is 6.43. The minimum Gasteiger partial charge on any atom is -0.389 e. The fourth-order valence-electron chi connectivity index (χ4n) is 1.59. The third-order valence-corrected chi connectivity index (χ3v) is 2.68. The third-order valence-electron chi connectivity index (χ3n) is 2.48. The van der Waals surface area contributed by atoms with Crippen LogP contribution in [0.25, 0.3) is 0 Å². The number of nitrogens with two attached hydrogens (primary N) is 1. The Labute approximate surface area is 102 Å². The van der Waals surface area contributed by atoms with Crippen molar-refractivity contribution in [2.75, 3.05) is 11.9 Å². The molecule has 1 heterocycles. The molecule has 0 aliphatic heterocycles. The first-order valence-corrected chi connectivity index (χ1v) is 6.07. The van der Waals surface area contributed by atoms with Crippen LogP contribution in [-0.4, -0.2) is 16.5 Å². The van der Waals surface area contributed by atoms with Crippen molar-refractivity contribution in [2.24, 2.45) is 5.73 Å². The Kier molecular flexibility index (Phi) is 5.19. The lowest BCUT2D eigenvalue weighted by molar-refractivity contribution is 0.742. The molecule has 1 aromatic heterocycles. The van der Waals surface area contributed by atoms with E-state index in [1.165, 1.54) is 12.8 Å². The smallest absolute Gasteiger partial charge is 0.136 e. The lowest BCUT2D eigenvalue weighted by Crippen LogP contribution is -2.16. The summed E-state index contributed by atoms with van der Waals surface area (Å²) < 4.78 is 0. The number of pyridine rings is 1. The number of hydrogen-bond donors (Lipinski definition) is 2. The fraction of sp³-hybridized carbons (Fsp3) is 0.500. The molecule has 3 nitrogen and oxygen atoms in total. The first-order valence-electron chi connectivity index (χ1n) is 5.66. The molecule has 0 saturated heterocycles. The SMILES string of the molecule is CCCCCNc1nccc(C)c1C(N)=S. The lowest BCUT2D eigenvalue weighted by atomic mass is 10.1. The fourth-order valence-corrected chi connectivity index (χ4v) is 1.84. The van der Waals surface area contributed by atoms with Crippen LogP contribution >= 0.6 is 12.2 Å². The summed E-state index contributed by atoms with van der Waals surface area (Å²) >= 11 is 5.04. The minimum atomic E-state index is 0.406. The van der Waals surface area contributed by atoms with E-state index in [-0.39, 0.29) is 0 Å². The van der Waals surface area contributed by atoms with Crippen molar-refractivity contribution in [3.63, 3.8) is 0 Å². The Morgan fingerprint density at radius 3 is 2.88 bits per heavy atom. The molecule has 1 rings (SSSR count). The van der Waals surface area contributed by atoms with Gasteiger partial charge < -0.3 is 11.1 Å². The Morgan fingerprint density at radius 2 is 2.25 bits per heavy atom. The van der Waals surface area contributed by atoms with Crippen LogP contribution in [0.3, 0.4) is 0 Å². The number of hydrogen-bond acceptors (Lipinski definition) is 3. The zero-order valence-electron chi connectivity index (χ0n) is 9.92. The van der Waals surface area contributed by atoms with E-state index in [4.69, 9.17) is 18.0 Å². The average molecular weight is 237 g/mol. The molecule has 0 amide bonds. The maximum atomic E-state index is 5.70. The van der Waals surface area contributed by atoms with Crippen molar-refractivity contribution in [2.45, 2.75) is 33.1 Å².